The maximum Gasteiger partial charge on any atom is 0.269 e. The first kappa shape index (κ1) is 26.9. The summed E-state index contributed by atoms with van der Waals surface area (Å²) in [5.41, 5.74) is 3.77. The monoisotopic (exact) mass is 567 g/mol. The van der Waals surface area contributed by atoms with Gasteiger partial charge in [0.1, 0.15) is 17.3 Å². The zero-order valence-electron chi connectivity index (χ0n) is 23.4. The molecule has 3 aliphatic carbocycles. The lowest BCUT2D eigenvalue weighted by molar-refractivity contribution is -0.126. The van der Waals surface area contributed by atoms with E-state index in [9.17, 15) is 19.1 Å². The minimum absolute atomic E-state index is 0.0182. The molecular weight excluding hydrogens is 533 g/mol. The SMILES string of the molecule is O=C(NCC1(CO)CCC1)c1[nH]nc2c1C(/C=C/c1ccc(-c3cccc(F)c3)cn1)C1C(=O)CC3(CCC3)CC1=N2. The van der Waals surface area contributed by atoms with Crippen molar-refractivity contribution < 1.29 is 19.1 Å². The van der Waals surface area contributed by atoms with Crippen LogP contribution in [0.15, 0.2) is 53.7 Å². The van der Waals surface area contributed by atoms with Crippen LogP contribution in [-0.2, 0) is 4.79 Å². The first-order valence-electron chi connectivity index (χ1n) is 14.9. The number of fused-ring (bicyclic) bond motifs is 2. The van der Waals surface area contributed by atoms with Crippen LogP contribution in [0.5, 0.6) is 0 Å². The molecule has 4 aliphatic rings. The molecule has 1 aromatic carbocycles. The highest BCUT2D eigenvalue weighted by atomic mass is 19.1. The predicted octanol–water partition coefficient (Wildman–Crippen LogP) is 5.54. The van der Waals surface area contributed by atoms with E-state index in [0.29, 0.717) is 35.7 Å². The molecule has 1 aliphatic heterocycles. The van der Waals surface area contributed by atoms with E-state index in [4.69, 9.17) is 4.99 Å². The minimum Gasteiger partial charge on any atom is -0.396 e. The standard InChI is InChI=1S/C33H34FN5O3/c34-22-5-1-4-20(14-22)21-6-7-23(35-17-21)8-9-24-27-25(15-32(10-2-11-32)16-26(27)41)37-30-28(24)29(38-39-30)31(42)36-18-33(19-40)12-3-13-33/h1,4-9,14,17,24,27,40H,2-3,10-13,15-16,18-19H2,(H,36,42)(H,38,39)/b9-8+. The van der Waals surface area contributed by atoms with Crippen LogP contribution in [0.2, 0.25) is 0 Å². The number of amides is 1. The minimum atomic E-state index is -0.453. The summed E-state index contributed by atoms with van der Waals surface area (Å²) in [5.74, 6) is -0.863. The van der Waals surface area contributed by atoms with Crippen LogP contribution in [0.25, 0.3) is 17.2 Å². The number of nitrogens with one attached hydrogen (secondary N) is 2. The van der Waals surface area contributed by atoms with Crippen molar-refractivity contribution in [3.8, 4) is 11.1 Å². The van der Waals surface area contributed by atoms with Gasteiger partial charge in [0.25, 0.3) is 5.91 Å². The highest BCUT2D eigenvalue weighted by molar-refractivity contribution is 6.12. The van der Waals surface area contributed by atoms with Crippen molar-refractivity contribution in [2.45, 2.75) is 57.3 Å². The van der Waals surface area contributed by atoms with Gasteiger partial charge in [-0.2, -0.15) is 5.10 Å². The first-order valence-corrected chi connectivity index (χ1v) is 14.9. The maximum atomic E-state index is 13.7. The van der Waals surface area contributed by atoms with Crippen LogP contribution in [-0.4, -0.2) is 50.8 Å². The second kappa shape index (κ2) is 10.4. The number of allylic oxidation sites excluding steroid dienone is 1. The van der Waals surface area contributed by atoms with Gasteiger partial charge in [-0.1, -0.05) is 37.1 Å². The Bertz CT molecular complexity index is 1590. The molecule has 8 nitrogen and oxygen atoms in total. The van der Waals surface area contributed by atoms with Crippen molar-refractivity contribution in [1.82, 2.24) is 20.5 Å². The third-order valence-electron chi connectivity index (χ3n) is 9.97. The smallest absolute Gasteiger partial charge is 0.269 e. The quantitative estimate of drug-likeness (QED) is 0.347. The van der Waals surface area contributed by atoms with Gasteiger partial charge in [-0.15, -0.1) is 0 Å². The van der Waals surface area contributed by atoms with Crippen LogP contribution in [0.1, 0.15) is 79.0 Å². The van der Waals surface area contributed by atoms with E-state index in [2.05, 4.69) is 20.5 Å². The summed E-state index contributed by atoms with van der Waals surface area (Å²) in [4.78, 5) is 36.6. The molecule has 2 unspecified atom stereocenters. The van der Waals surface area contributed by atoms with Crippen LogP contribution in [0.4, 0.5) is 10.2 Å². The molecule has 3 fully saturated rings. The summed E-state index contributed by atoms with van der Waals surface area (Å²) in [5, 5.41) is 20.2. The number of carbonyl (C=O) groups is 2. The second-order valence-electron chi connectivity index (χ2n) is 12.7. The van der Waals surface area contributed by atoms with Gasteiger partial charge < -0.3 is 10.4 Å². The van der Waals surface area contributed by atoms with E-state index in [0.717, 1.165) is 61.8 Å². The summed E-state index contributed by atoms with van der Waals surface area (Å²) in [7, 11) is 0. The fourth-order valence-corrected chi connectivity index (χ4v) is 7.16. The van der Waals surface area contributed by atoms with E-state index in [1.165, 1.54) is 12.1 Å². The molecular formula is C33H34FN5O3. The molecule has 2 atom stereocenters. The molecule has 3 saturated carbocycles. The van der Waals surface area contributed by atoms with Crippen molar-refractivity contribution in [2.75, 3.05) is 13.2 Å². The number of ketones is 1. The molecule has 3 aromatic rings. The largest absolute Gasteiger partial charge is 0.396 e. The fraction of sp³-hybridized carbons (Fsp3) is 0.424. The third kappa shape index (κ3) is 4.69. The summed E-state index contributed by atoms with van der Waals surface area (Å²) in [6, 6.07) is 10.1. The molecule has 3 heterocycles. The number of benzene rings is 1. The number of hydrogen-bond acceptors (Lipinski definition) is 6. The Morgan fingerprint density at radius 2 is 1.95 bits per heavy atom. The number of hydrogen-bond donors (Lipinski definition) is 3. The van der Waals surface area contributed by atoms with Crippen molar-refractivity contribution in [3.63, 3.8) is 0 Å². The van der Waals surface area contributed by atoms with E-state index in [1.807, 2.05) is 30.4 Å². The zero-order chi connectivity index (χ0) is 28.9. The Labute approximate surface area is 243 Å². The average Bonchev–Trinajstić information content (AvgIpc) is 3.38. The van der Waals surface area contributed by atoms with Gasteiger partial charge >= 0.3 is 0 Å². The number of aliphatic hydroxyl groups excluding tert-OH is 1. The summed E-state index contributed by atoms with van der Waals surface area (Å²) in [6.45, 7) is 0.425. The Morgan fingerprint density at radius 3 is 2.62 bits per heavy atom. The Kier molecular flexibility index (Phi) is 6.65. The van der Waals surface area contributed by atoms with Crippen LogP contribution in [0, 0.1) is 22.6 Å². The van der Waals surface area contributed by atoms with Gasteiger partial charge in [-0.25, -0.2) is 9.38 Å². The molecule has 2 aromatic heterocycles. The Balaban J connectivity index is 1.20. The van der Waals surface area contributed by atoms with Gasteiger partial charge in [-0.05, 0) is 67.4 Å². The molecule has 3 N–H and O–H groups in total. The van der Waals surface area contributed by atoms with Crippen molar-refractivity contribution >= 4 is 29.3 Å². The van der Waals surface area contributed by atoms with Gasteiger partial charge in [-0.3, -0.25) is 19.7 Å². The van der Waals surface area contributed by atoms with Crippen molar-refractivity contribution in [1.29, 1.82) is 0 Å². The number of aliphatic hydroxyl groups is 1. The van der Waals surface area contributed by atoms with Gasteiger partial charge in [0.15, 0.2) is 5.82 Å². The third-order valence-corrected chi connectivity index (χ3v) is 9.97. The number of rotatable bonds is 7. The number of nitrogens with zero attached hydrogens (tertiary/aromatic N) is 3. The molecule has 216 valence electrons. The lowest BCUT2D eigenvalue weighted by atomic mass is 9.56. The number of H-pyrrole nitrogens is 1. The Hall–Kier alpha value is -3.98. The van der Waals surface area contributed by atoms with Crippen molar-refractivity contribution in [2.24, 2.45) is 21.7 Å². The predicted molar refractivity (Wildman–Crippen MR) is 157 cm³/mol. The number of aliphatic imine (C=N–C) groups is 1. The highest BCUT2D eigenvalue weighted by Gasteiger charge is 2.51. The molecule has 7 rings (SSSR count). The average molecular weight is 568 g/mol. The molecule has 1 amide bonds. The number of pyridine rings is 1. The summed E-state index contributed by atoms with van der Waals surface area (Å²) >= 11 is 0. The number of halogens is 1. The number of aromatic amines is 1. The summed E-state index contributed by atoms with van der Waals surface area (Å²) in [6.07, 6.45) is 12.9. The topological polar surface area (TPSA) is 120 Å². The van der Waals surface area contributed by atoms with E-state index in [1.54, 1.807) is 12.3 Å². The molecule has 0 bridgehead atoms. The number of Topliss-reactive ketones (excluding diaryl/α,β-unsaturated/α-hetero) is 1. The Morgan fingerprint density at radius 1 is 1.12 bits per heavy atom. The lowest BCUT2D eigenvalue weighted by Crippen LogP contribution is -2.47. The lowest BCUT2D eigenvalue weighted by Gasteiger charge is -2.48. The van der Waals surface area contributed by atoms with E-state index < -0.39 is 11.8 Å². The van der Waals surface area contributed by atoms with Gasteiger partial charge in [0, 0.05) is 47.3 Å². The summed E-state index contributed by atoms with van der Waals surface area (Å²) < 4.78 is 13.7. The second-order valence-corrected chi connectivity index (χ2v) is 12.7. The van der Waals surface area contributed by atoms with Crippen LogP contribution >= 0.6 is 0 Å². The highest BCUT2D eigenvalue weighted by Crippen LogP contribution is 2.55. The molecule has 0 saturated heterocycles. The van der Waals surface area contributed by atoms with Gasteiger partial charge in [0.05, 0.1) is 18.2 Å². The van der Waals surface area contributed by atoms with Gasteiger partial charge in [0.2, 0.25) is 0 Å². The number of aromatic nitrogens is 3. The zero-order valence-corrected chi connectivity index (χ0v) is 23.4. The van der Waals surface area contributed by atoms with Crippen LogP contribution < -0.4 is 5.32 Å². The molecule has 0 radical (unpaired) electrons. The van der Waals surface area contributed by atoms with E-state index >= 15 is 0 Å². The van der Waals surface area contributed by atoms with Crippen LogP contribution in [0.3, 0.4) is 0 Å². The van der Waals surface area contributed by atoms with E-state index in [-0.39, 0.29) is 34.9 Å². The maximum absolute atomic E-state index is 13.7. The normalized spacial score (nSPS) is 23.5. The first-order chi connectivity index (χ1) is 20.4. The van der Waals surface area contributed by atoms with Crippen molar-refractivity contribution in [3.05, 3.63) is 71.4 Å². The molecule has 9 heteroatoms. The number of carbonyl (C=O) groups excluding carboxylic acids is 2. The molecule has 42 heavy (non-hydrogen) atoms. The molecule has 1 spiro atoms. The fourth-order valence-electron chi connectivity index (χ4n) is 7.16.